The number of rotatable bonds is 2. The molecule has 18 heavy (non-hydrogen) atoms. The van der Waals surface area contributed by atoms with Gasteiger partial charge in [0.2, 0.25) is 5.91 Å². The standard InChI is InChI=1S/C15H19NO2/c1-14(10-11-6-3-2-4-7-11)12-8-5-9-15(12,18)16-13(14)17/h2-4,6-7,12,18H,5,8-10H2,1H3,(H,16,17)/t12-,14-,15+/m0/s1. The van der Waals surface area contributed by atoms with E-state index in [9.17, 15) is 9.90 Å². The second kappa shape index (κ2) is 3.82. The Morgan fingerprint density at radius 2 is 2.11 bits per heavy atom. The minimum Gasteiger partial charge on any atom is -0.371 e. The van der Waals surface area contributed by atoms with Gasteiger partial charge in [0.15, 0.2) is 0 Å². The fraction of sp³-hybridized carbons (Fsp3) is 0.533. The summed E-state index contributed by atoms with van der Waals surface area (Å²) in [7, 11) is 0. The Balaban J connectivity index is 1.92. The lowest BCUT2D eigenvalue weighted by atomic mass is 9.72. The normalized spacial score (nSPS) is 38.6. The summed E-state index contributed by atoms with van der Waals surface area (Å²) < 4.78 is 0. The van der Waals surface area contributed by atoms with Crippen molar-refractivity contribution in [1.82, 2.24) is 5.32 Å². The van der Waals surface area contributed by atoms with Crippen molar-refractivity contribution >= 4 is 5.91 Å². The van der Waals surface area contributed by atoms with E-state index in [2.05, 4.69) is 5.32 Å². The third-order valence-corrected chi connectivity index (χ3v) is 4.66. The Kier molecular flexibility index (Phi) is 2.49. The average Bonchev–Trinajstić information content (AvgIpc) is 2.79. The molecule has 1 saturated carbocycles. The van der Waals surface area contributed by atoms with E-state index in [0.29, 0.717) is 12.8 Å². The first-order valence-corrected chi connectivity index (χ1v) is 6.63. The highest BCUT2D eigenvalue weighted by Gasteiger charge is 2.60. The van der Waals surface area contributed by atoms with Gasteiger partial charge < -0.3 is 10.4 Å². The Hall–Kier alpha value is -1.35. The van der Waals surface area contributed by atoms with E-state index < -0.39 is 11.1 Å². The van der Waals surface area contributed by atoms with Crippen LogP contribution in [0.1, 0.15) is 31.7 Å². The molecule has 1 aromatic carbocycles. The van der Waals surface area contributed by atoms with Crippen LogP contribution in [0, 0.1) is 11.3 Å². The first-order valence-electron chi connectivity index (χ1n) is 6.63. The van der Waals surface area contributed by atoms with E-state index in [1.165, 1.54) is 0 Å². The van der Waals surface area contributed by atoms with Crippen molar-refractivity contribution in [3.05, 3.63) is 35.9 Å². The van der Waals surface area contributed by atoms with Crippen molar-refractivity contribution in [3.8, 4) is 0 Å². The summed E-state index contributed by atoms with van der Waals surface area (Å²) in [5.41, 5.74) is -0.279. The summed E-state index contributed by atoms with van der Waals surface area (Å²) >= 11 is 0. The summed E-state index contributed by atoms with van der Waals surface area (Å²) in [6.45, 7) is 1.99. The van der Waals surface area contributed by atoms with Crippen LogP contribution in [0.4, 0.5) is 0 Å². The number of carbonyl (C=O) groups excluding carboxylic acids is 1. The molecule has 3 nitrogen and oxygen atoms in total. The maximum Gasteiger partial charge on any atom is 0.228 e. The van der Waals surface area contributed by atoms with Crippen molar-refractivity contribution in [2.75, 3.05) is 0 Å². The SMILES string of the molecule is C[C@@]1(Cc2ccccc2)C(=O)N[C@@]2(O)CCC[C@H]21. The highest BCUT2D eigenvalue weighted by atomic mass is 16.3. The van der Waals surface area contributed by atoms with Gasteiger partial charge in [0, 0.05) is 5.92 Å². The number of nitrogens with one attached hydrogen (secondary N) is 1. The van der Waals surface area contributed by atoms with Crippen LogP contribution in [0.3, 0.4) is 0 Å². The molecular formula is C15H19NO2. The molecule has 1 amide bonds. The number of benzene rings is 1. The molecule has 1 aromatic rings. The van der Waals surface area contributed by atoms with E-state index in [0.717, 1.165) is 18.4 Å². The molecule has 1 heterocycles. The van der Waals surface area contributed by atoms with Gasteiger partial charge in [0.05, 0.1) is 5.41 Å². The van der Waals surface area contributed by atoms with Gasteiger partial charge in [-0.15, -0.1) is 0 Å². The van der Waals surface area contributed by atoms with Crippen LogP contribution in [0.2, 0.25) is 0 Å². The van der Waals surface area contributed by atoms with Crippen molar-refractivity contribution < 1.29 is 9.90 Å². The monoisotopic (exact) mass is 245 g/mol. The zero-order valence-electron chi connectivity index (χ0n) is 10.6. The number of carbonyl (C=O) groups is 1. The van der Waals surface area contributed by atoms with Gasteiger partial charge in [-0.1, -0.05) is 30.3 Å². The molecule has 2 aliphatic rings. The molecule has 1 saturated heterocycles. The van der Waals surface area contributed by atoms with E-state index >= 15 is 0 Å². The smallest absolute Gasteiger partial charge is 0.228 e. The lowest BCUT2D eigenvalue weighted by Gasteiger charge is -2.30. The van der Waals surface area contributed by atoms with E-state index in [4.69, 9.17) is 0 Å². The summed E-state index contributed by atoms with van der Waals surface area (Å²) in [4.78, 5) is 12.2. The van der Waals surface area contributed by atoms with Crippen molar-refractivity contribution in [2.45, 2.75) is 38.3 Å². The summed E-state index contributed by atoms with van der Waals surface area (Å²) in [6, 6.07) is 10.1. The molecule has 1 aliphatic carbocycles. The maximum absolute atomic E-state index is 12.2. The van der Waals surface area contributed by atoms with Gasteiger partial charge in [-0.2, -0.15) is 0 Å². The minimum absolute atomic E-state index is 0.00134. The number of fused-ring (bicyclic) bond motifs is 1. The molecule has 0 spiro atoms. The molecule has 3 heteroatoms. The highest BCUT2D eigenvalue weighted by molar-refractivity contribution is 5.86. The van der Waals surface area contributed by atoms with Gasteiger partial charge in [0.1, 0.15) is 5.72 Å². The molecule has 96 valence electrons. The van der Waals surface area contributed by atoms with Crippen LogP contribution >= 0.6 is 0 Å². The second-order valence-electron chi connectivity index (χ2n) is 5.90. The molecule has 0 radical (unpaired) electrons. The molecule has 2 fully saturated rings. The van der Waals surface area contributed by atoms with Crippen LogP contribution in [0.25, 0.3) is 0 Å². The zero-order chi connectivity index (χ0) is 12.8. The van der Waals surface area contributed by atoms with Crippen molar-refractivity contribution in [2.24, 2.45) is 11.3 Å². The number of aliphatic hydroxyl groups is 1. The maximum atomic E-state index is 12.2. The zero-order valence-corrected chi connectivity index (χ0v) is 10.6. The molecule has 1 aliphatic heterocycles. The van der Waals surface area contributed by atoms with Crippen LogP contribution in [-0.2, 0) is 11.2 Å². The molecular weight excluding hydrogens is 226 g/mol. The van der Waals surface area contributed by atoms with Gasteiger partial charge >= 0.3 is 0 Å². The predicted octanol–water partition coefficient (Wildman–Crippen LogP) is 1.85. The number of hydrogen-bond acceptors (Lipinski definition) is 2. The van der Waals surface area contributed by atoms with Crippen LogP contribution in [0.5, 0.6) is 0 Å². The van der Waals surface area contributed by atoms with Gasteiger partial charge in [-0.25, -0.2) is 0 Å². The summed E-state index contributed by atoms with van der Waals surface area (Å²) in [5, 5.41) is 13.3. The number of amides is 1. The molecule has 0 unspecified atom stereocenters. The fourth-order valence-electron chi connectivity index (χ4n) is 3.70. The topological polar surface area (TPSA) is 49.3 Å². The third kappa shape index (κ3) is 1.57. The molecule has 0 aromatic heterocycles. The Morgan fingerprint density at radius 1 is 1.39 bits per heavy atom. The predicted molar refractivity (Wildman–Crippen MR) is 68.7 cm³/mol. The lowest BCUT2D eigenvalue weighted by molar-refractivity contribution is -0.128. The minimum atomic E-state index is -0.958. The highest BCUT2D eigenvalue weighted by Crippen LogP contribution is 2.51. The Labute approximate surface area is 107 Å². The van der Waals surface area contributed by atoms with Gasteiger partial charge in [0.25, 0.3) is 0 Å². The van der Waals surface area contributed by atoms with E-state index in [1.807, 2.05) is 37.3 Å². The first-order chi connectivity index (χ1) is 8.55. The Morgan fingerprint density at radius 3 is 2.83 bits per heavy atom. The van der Waals surface area contributed by atoms with E-state index in [-0.39, 0.29) is 11.8 Å². The summed E-state index contributed by atoms with van der Waals surface area (Å²) in [6.07, 6.45) is 3.31. The third-order valence-electron chi connectivity index (χ3n) is 4.66. The molecule has 3 rings (SSSR count). The first kappa shape index (κ1) is 11.7. The quantitative estimate of drug-likeness (QED) is 0.835. The van der Waals surface area contributed by atoms with Crippen LogP contribution in [0.15, 0.2) is 30.3 Å². The molecule has 0 bridgehead atoms. The Bertz CT molecular complexity index is 473. The van der Waals surface area contributed by atoms with E-state index in [1.54, 1.807) is 0 Å². The van der Waals surface area contributed by atoms with Crippen molar-refractivity contribution in [1.29, 1.82) is 0 Å². The van der Waals surface area contributed by atoms with Crippen molar-refractivity contribution in [3.63, 3.8) is 0 Å². The molecule has 2 N–H and O–H groups in total. The fourth-order valence-corrected chi connectivity index (χ4v) is 3.70. The summed E-state index contributed by atoms with van der Waals surface area (Å²) in [5.74, 6) is 0.0382. The average molecular weight is 245 g/mol. The lowest BCUT2D eigenvalue weighted by Crippen LogP contribution is -2.42. The van der Waals surface area contributed by atoms with Crippen LogP contribution in [-0.4, -0.2) is 16.7 Å². The number of hydrogen-bond donors (Lipinski definition) is 2. The largest absolute Gasteiger partial charge is 0.371 e. The van der Waals surface area contributed by atoms with Gasteiger partial charge in [-0.3, -0.25) is 4.79 Å². The second-order valence-corrected chi connectivity index (χ2v) is 5.90. The van der Waals surface area contributed by atoms with Crippen LogP contribution < -0.4 is 5.32 Å². The van der Waals surface area contributed by atoms with Gasteiger partial charge in [-0.05, 0) is 38.2 Å². The molecule has 3 atom stereocenters.